The normalized spacial score (nSPS) is 14.2. The Labute approximate surface area is 228 Å². The van der Waals surface area contributed by atoms with E-state index < -0.39 is 27.7 Å². The highest BCUT2D eigenvalue weighted by Crippen LogP contribution is 2.35. The van der Waals surface area contributed by atoms with Crippen LogP contribution in [0.2, 0.25) is 0 Å². The average Bonchev–Trinajstić information content (AvgIpc) is 3.46. The second-order valence-electron chi connectivity index (χ2n) is 10.1. The molecule has 3 N–H and O–H groups in total. The zero-order chi connectivity index (χ0) is 28.4. The molecular formula is C28H22FN5O7. The number of benzene rings is 3. The molecule has 0 atom stereocenters. The third-order valence-electron chi connectivity index (χ3n) is 7.55. The first-order valence-corrected chi connectivity index (χ1v) is 13.0. The molecule has 0 spiro atoms. The van der Waals surface area contributed by atoms with Crippen molar-refractivity contribution in [1.82, 2.24) is 14.3 Å². The topological polar surface area (TPSA) is 159 Å². The molecule has 0 amide bonds. The fourth-order valence-corrected chi connectivity index (χ4v) is 5.56. The molecule has 41 heavy (non-hydrogen) atoms. The van der Waals surface area contributed by atoms with Gasteiger partial charge in [-0.15, -0.1) is 0 Å². The zero-order valence-corrected chi connectivity index (χ0v) is 21.4. The molecule has 1 aliphatic heterocycles. The summed E-state index contributed by atoms with van der Waals surface area (Å²) in [4.78, 5) is 41.2. The number of aromatic nitrogens is 2. The maximum Gasteiger partial charge on any atom is 0.341 e. The molecule has 0 unspecified atom stereocenters. The Bertz CT molecular complexity index is 2150. The number of hydrogen-bond acceptors (Lipinski definition) is 8. The van der Waals surface area contributed by atoms with E-state index in [2.05, 4.69) is 15.2 Å². The number of rotatable bonds is 6. The number of non-ortho nitro benzene ring substituents is 1. The van der Waals surface area contributed by atoms with E-state index in [1.807, 2.05) is 0 Å². The van der Waals surface area contributed by atoms with Crippen LogP contribution in [0, 0.1) is 15.9 Å². The van der Waals surface area contributed by atoms with E-state index in [9.17, 15) is 24.8 Å². The SMILES string of the molecule is O=C(O)c1cn2c3cc4oc5cc([N+](=O)[O-])ccc5[nH]c4cc3oc3c(NCCN4CCCC4)c(F)cc(c1=O)c32. The van der Waals surface area contributed by atoms with Crippen LogP contribution >= 0.6 is 0 Å². The van der Waals surface area contributed by atoms with Gasteiger partial charge in [-0.25, -0.2) is 9.18 Å². The quantitative estimate of drug-likeness (QED) is 0.107. The Morgan fingerprint density at radius 3 is 2.63 bits per heavy atom. The number of halogens is 1. The van der Waals surface area contributed by atoms with Crippen molar-refractivity contribution in [3.8, 4) is 0 Å². The zero-order valence-electron chi connectivity index (χ0n) is 21.4. The Morgan fingerprint density at radius 2 is 1.88 bits per heavy atom. The summed E-state index contributed by atoms with van der Waals surface area (Å²) in [5.41, 5.74) is 0.902. The number of nitrogens with one attached hydrogen (secondary N) is 2. The minimum absolute atomic E-state index is 0.0654. The number of carbonyl (C=O) groups is 1. The van der Waals surface area contributed by atoms with Crippen molar-refractivity contribution in [3.63, 3.8) is 0 Å². The van der Waals surface area contributed by atoms with Crippen molar-refractivity contribution in [2.24, 2.45) is 0 Å². The van der Waals surface area contributed by atoms with E-state index in [1.165, 1.54) is 28.8 Å². The van der Waals surface area contributed by atoms with E-state index in [4.69, 9.17) is 8.83 Å². The monoisotopic (exact) mass is 559 g/mol. The molecular weight excluding hydrogens is 537 g/mol. The number of carboxylic acids is 1. The van der Waals surface area contributed by atoms with E-state index in [1.54, 1.807) is 12.1 Å². The predicted octanol–water partition coefficient (Wildman–Crippen LogP) is 5.24. The summed E-state index contributed by atoms with van der Waals surface area (Å²) in [5.74, 6) is -2.20. The Balaban J connectivity index is 1.50. The second-order valence-corrected chi connectivity index (χ2v) is 10.1. The standard InChI is InChI=1S/C28H22FN5O7/c29-17-10-15-25-27(24(17)30-5-8-32-6-1-2-7-32)41-23-11-19-22(12-20(23)33(25)13-16(26(15)35)28(36)37)40-21-9-14(34(38)39)3-4-18(21)31-19/h3-4,9-13,30-31H,1-2,5-8H2,(H,36,37). The molecule has 1 fully saturated rings. The van der Waals surface area contributed by atoms with Crippen LogP contribution in [0.4, 0.5) is 15.8 Å². The molecule has 3 aromatic heterocycles. The Morgan fingerprint density at radius 1 is 1.10 bits per heavy atom. The molecule has 4 heterocycles. The second kappa shape index (κ2) is 9.20. The Hall–Kier alpha value is -5.17. The fourth-order valence-electron chi connectivity index (χ4n) is 5.56. The van der Waals surface area contributed by atoms with Crippen LogP contribution in [0.3, 0.4) is 0 Å². The summed E-state index contributed by atoms with van der Waals surface area (Å²) < 4.78 is 29.2. The number of carboxylic acid groups (broad SMARTS) is 1. The van der Waals surface area contributed by atoms with Crippen LogP contribution in [0.15, 0.2) is 56.2 Å². The summed E-state index contributed by atoms with van der Waals surface area (Å²) in [7, 11) is 0. The van der Waals surface area contributed by atoms with Crippen LogP contribution in [0.5, 0.6) is 0 Å². The largest absolute Gasteiger partial charge is 0.477 e. The number of pyridine rings is 1. The molecule has 0 aliphatic carbocycles. The number of aromatic carboxylic acids is 1. The van der Waals surface area contributed by atoms with Crippen molar-refractivity contribution in [2.75, 3.05) is 31.5 Å². The fraction of sp³-hybridized carbons (Fsp3) is 0.214. The van der Waals surface area contributed by atoms with E-state index >= 15 is 4.39 Å². The summed E-state index contributed by atoms with van der Waals surface area (Å²) in [6.07, 6.45) is 3.43. The van der Waals surface area contributed by atoms with Gasteiger partial charge in [0.05, 0.1) is 32.9 Å². The number of fused-ring (bicyclic) bond motifs is 4. The first-order valence-electron chi connectivity index (χ1n) is 13.0. The average molecular weight is 560 g/mol. The van der Waals surface area contributed by atoms with Crippen molar-refractivity contribution >= 4 is 67.1 Å². The number of hydrogen-bond donors (Lipinski definition) is 3. The summed E-state index contributed by atoms with van der Waals surface area (Å²) >= 11 is 0. The lowest BCUT2D eigenvalue weighted by Gasteiger charge is -2.18. The highest BCUT2D eigenvalue weighted by atomic mass is 19.1. The molecule has 7 rings (SSSR count). The smallest absolute Gasteiger partial charge is 0.341 e. The van der Waals surface area contributed by atoms with Gasteiger partial charge < -0.3 is 33.5 Å². The Kier molecular flexibility index (Phi) is 5.57. The number of H-pyrrole nitrogens is 1. The lowest BCUT2D eigenvalue weighted by molar-refractivity contribution is -0.384. The third kappa shape index (κ3) is 4.00. The minimum Gasteiger partial charge on any atom is -0.477 e. The first-order chi connectivity index (χ1) is 19.8. The molecule has 6 aromatic rings. The van der Waals surface area contributed by atoms with Crippen LogP contribution in [-0.4, -0.2) is 56.5 Å². The van der Waals surface area contributed by atoms with Gasteiger partial charge in [-0.05, 0) is 38.1 Å². The van der Waals surface area contributed by atoms with E-state index in [0.29, 0.717) is 35.2 Å². The first kappa shape index (κ1) is 24.8. The molecule has 3 aromatic carbocycles. The third-order valence-corrected chi connectivity index (χ3v) is 7.55. The van der Waals surface area contributed by atoms with Gasteiger partial charge in [0.2, 0.25) is 5.43 Å². The number of nitro groups is 1. The maximum atomic E-state index is 15.5. The van der Waals surface area contributed by atoms with Gasteiger partial charge in [-0.3, -0.25) is 14.9 Å². The minimum atomic E-state index is -1.46. The van der Waals surface area contributed by atoms with Crippen LogP contribution in [0.25, 0.3) is 49.8 Å². The van der Waals surface area contributed by atoms with Gasteiger partial charge in [0.15, 0.2) is 28.1 Å². The van der Waals surface area contributed by atoms with Gasteiger partial charge in [0.1, 0.15) is 16.8 Å². The summed E-state index contributed by atoms with van der Waals surface area (Å²) in [6.45, 7) is 3.09. The summed E-state index contributed by atoms with van der Waals surface area (Å²) in [6, 6.07) is 8.37. The molecule has 12 nitrogen and oxygen atoms in total. The number of aromatic amines is 1. The predicted molar refractivity (Wildman–Crippen MR) is 149 cm³/mol. The molecule has 0 saturated carbocycles. The van der Waals surface area contributed by atoms with Crippen LogP contribution < -0.4 is 10.7 Å². The van der Waals surface area contributed by atoms with Crippen molar-refractivity contribution in [1.29, 1.82) is 0 Å². The number of anilines is 1. The lowest BCUT2D eigenvalue weighted by Crippen LogP contribution is -2.26. The molecule has 1 saturated heterocycles. The van der Waals surface area contributed by atoms with E-state index in [-0.39, 0.29) is 39.0 Å². The van der Waals surface area contributed by atoms with Crippen molar-refractivity contribution in [3.05, 3.63) is 74.3 Å². The van der Waals surface area contributed by atoms with Crippen LogP contribution in [-0.2, 0) is 0 Å². The van der Waals surface area contributed by atoms with Crippen molar-refractivity contribution < 1.29 is 28.0 Å². The molecule has 0 bridgehead atoms. The van der Waals surface area contributed by atoms with Gasteiger partial charge in [-0.2, -0.15) is 0 Å². The number of nitrogens with zero attached hydrogens (tertiary/aromatic N) is 3. The van der Waals surface area contributed by atoms with Crippen LogP contribution in [0.1, 0.15) is 23.2 Å². The number of nitro benzene ring substituents is 1. The van der Waals surface area contributed by atoms with Gasteiger partial charge in [0.25, 0.3) is 5.69 Å². The van der Waals surface area contributed by atoms with Crippen molar-refractivity contribution in [2.45, 2.75) is 12.8 Å². The highest BCUT2D eigenvalue weighted by molar-refractivity contribution is 6.06. The maximum absolute atomic E-state index is 15.5. The summed E-state index contributed by atoms with van der Waals surface area (Å²) in [5, 5.41) is 24.0. The molecule has 1 aliphatic rings. The molecule has 208 valence electrons. The number of likely N-dealkylation sites (tertiary alicyclic amines) is 1. The lowest BCUT2D eigenvalue weighted by atomic mass is 10.1. The highest BCUT2D eigenvalue weighted by Gasteiger charge is 2.23. The van der Waals surface area contributed by atoms with Gasteiger partial charge in [-0.1, -0.05) is 0 Å². The van der Waals surface area contributed by atoms with Gasteiger partial charge >= 0.3 is 5.97 Å². The van der Waals surface area contributed by atoms with E-state index in [0.717, 1.165) is 32.0 Å². The molecule has 0 radical (unpaired) electrons. The van der Waals surface area contributed by atoms with Gasteiger partial charge in [0, 0.05) is 37.5 Å². The molecule has 13 heteroatoms.